The molecule has 0 aliphatic heterocycles. The lowest BCUT2D eigenvalue weighted by molar-refractivity contribution is 0.570. The van der Waals surface area contributed by atoms with Gasteiger partial charge in [0, 0.05) is 30.6 Å². The van der Waals surface area contributed by atoms with Gasteiger partial charge in [0.15, 0.2) is 0 Å². The summed E-state index contributed by atoms with van der Waals surface area (Å²) in [5.41, 5.74) is 2.48. The molecule has 7 nitrogen and oxygen atoms in total. The minimum Gasteiger partial charge on any atom is -0.308 e. The van der Waals surface area contributed by atoms with Crippen molar-refractivity contribution in [3.05, 3.63) is 57.0 Å². The molecule has 0 aliphatic carbocycles. The number of hydrogen-bond acceptors (Lipinski definition) is 5. The molecule has 2 aromatic heterocycles. The summed E-state index contributed by atoms with van der Waals surface area (Å²) in [5.74, 6) is 5.82. The van der Waals surface area contributed by atoms with Crippen LogP contribution in [0.1, 0.15) is 18.9 Å². The number of aromatic nitrogens is 3. The maximum atomic E-state index is 12.2. The lowest BCUT2D eigenvalue weighted by Crippen LogP contribution is -2.39. The Morgan fingerprint density at radius 3 is 2.85 bits per heavy atom. The van der Waals surface area contributed by atoms with E-state index in [1.165, 1.54) is 21.4 Å². The summed E-state index contributed by atoms with van der Waals surface area (Å²) < 4.78 is 2.70. The van der Waals surface area contributed by atoms with Crippen LogP contribution in [0, 0.1) is 0 Å². The van der Waals surface area contributed by atoms with Crippen molar-refractivity contribution in [2.45, 2.75) is 26.4 Å². The Labute approximate surface area is 115 Å². The molecular weight excluding hydrogens is 258 g/mol. The number of nitrogens with one attached hydrogen (secondary N) is 1. The minimum atomic E-state index is -0.339. The lowest BCUT2D eigenvalue weighted by atomic mass is 10.2. The predicted molar refractivity (Wildman–Crippen MR) is 76.4 cm³/mol. The third-order valence-electron chi connectivity index (χ3n) is 2.96. The molecule has 0 unspecified atom stereocenters. The summed E-state index contributed by atoms with van der Waals surface area (Å²) >= 11 is 0. The number of nitrogen functional groups attached to an aromatic ring is 1. The van der Waals surface area contributed by atoms with Gasteiger partial charge in [-0.15, -0.1) is 0 Å². The van der Waals surface area contributed by atoms with Gasteiger partial charge in [-0.3, -0.25) is 9.36 Å². The van der Waals surface area contributed by atoms with E-state index in [1.807, 2.05) is 6.92 Å². The fraction of sp³-hybridized carbons (Fsp3) is 0.308. The molecule has 0 spiro atoms. The largest absolute Gasteiger partial charge is 0.331 e. The van der Waals surface area contributed by atoms with Crippen LogP contribution in [0.4, 0.5) is 5.82 Å². The quantitative estimate of drug-likeness (QED) is 0.598. The highest BCUT2D eigenvalue weighted by molar-refractivity contribution is 5.42. The molecule has 0 bridgehead atoms. The van der Waals surface area contributed by atoms with E-state index in [2.05, 4.69) is 10.4 Å². The fourth-order valence-electron chi connectivity index (χ4n) is 1.98. The second-order valence-corrected chi connectivity index (χ2v) is 4.37. The van der Waals surface area contributed by atoms with Crippen molar-refractivity contribution < 1.29 is 0 Å². The summed E-state index contributed by atoms with van der Waals surface area (Å²) in [6.07, 6.45) is 3.93. The molecule has 7 heteroatoms. The monoisotopic (exact) mass is 275 g/mol. The molecule has 0 radical (unpaired) electrons. The molecule has 2 heterocycles. The van der Waals surface area contributed by atoms with Gasteiger partial charge in [-0.05, 0) is 12.5 Å². The van der Waals surface area contributed by atoms with Crippen LogP contribution < -0.4 is 22.5 Å². The first-order valence-corrected chi connectivity index (χ1v) is 6.38. The van der Waals surface area contributed by atoms with E-state index in [0.29, 0.717) is 17.9 Å². The third-order valence-corrected chi connectivity index (χ3v) is 2.96. The second-order valence-electron chi connectivity index (χ2n) is 4.37. The van der Waals surface area contributed by atoms with Crippen molar-refractivity contribution >= 4 is 5.82 Å². The van der Waals surface area contributed by atoms with E-state index in [4.69, 9.17) is 5.84 Å². The zero-order valence-corrected chi connectivity index (χ0v) is 11.2. The van der Waals surface area contributed by atoms with Crippen LogP contribution in [0.2, 0.25) is 0 Å². The highest BCUT2D eigenvalue weighted by Crippen LogP contribution is 2.09. The second kappa shape index (κ2) is 6.16. The summed E-state index contributed by atoms with van der Waals surface area (Å²) in [7, 11) is 0. The molecule has 0 saturated heterocycles. The lowest BCUT2D eigenvalue weighted by Gasteiger charge is -2.11. The van der Waals surface area contributed by atoms with Crippen LogP contribution in [0.5, 0.6) is 0 Å². The van der Waals surface area contributed by atoms with Crippen molar-refractivity contribution in [3.8, 4) is 0 Å². The van der Waals surface area contributed by atoms with Crippen molar-refractivity contribution in [1.82, 2.24) is 14.1 Å². The van der Waals surface area contributed by atoms with Gasteiger partial charge in [-0.1, -0.05) is 13.0 Å². The first kappa shape index (κ1) is 14.0. The Morgan fingerprint density at radius 2 is 2.15 bits per heavy atom. The van der Waals surface area contributed by atoms with E-state index >= 15 is 0 Å². The van der Waals surface area contributed by atoms with E-state index < -0.39 is 0 Å². The van der Waals surface area contributed by atoms with Crippen molar-refractivity contribution in [1.29, 1.82) is 0 Å². The van der Waals surface area contributed by atoms with Crippen molar-refractivity contribution in [2.24, 2.45) is 5.84 Å². The van der Waals surface area contributed by atoms with Crippen LogP contribution in [0.25, 0.3) is 0 Å². The summed E-state index contributed by atoms with van der Waals surface area (Å²) in [4.78, 5) is 28.2. The predicted octanol–water partition coefficient (Wildman–Crippen LogP) is 0.149. The first-order chi connectivity index (χ1) is 9.67. The van der Waals surface area contributed by atoms with Gasteiger partial charge in [0.1, 0.15) is 5.82 Å². The van der Waals surface area contributed by atoms with Crippen LogP contribution in [-0.2, 0) is 13.1 Å². The number of rotatable bonds is 5. The van der Waals surface area contributed by atoms with Crippen LogP contribution in [0.15, 0.2) is 40.2 Å². The smallest absolute Gasteiger partial charge is 0.308 e. The molecule has 0 aromatic carbocycles. The first-order valence-electron chi connectivity index (χ1n) is 6.38. The maximum absolute atomic E-state index is 12.2. The van der Waals surface area contributed by atoms with Crippen molar-refractivity contribution in [3.63, 3.8) is 0 Å². The van der Waals surface area contributed by atoms with E-state index in [-0.39, 0.29) is 17.8 Å². The molecule has 2 rings (SSSR count). The molecular formula is C13H17N5O2. The topological polar surface area (TPSA) is 94.9 Å². The van der Waals surface area contributed by atoms with Gasteiger partial charge >= 0.3 is 5.69 Å². The van der Waals surface area contributed by atoms with E-state index in [9.17, 15) is 9.59 Å². The minimum absolute atomic E-state index is 0.135. The number of pyridine rings is 1. The Bertz CT molecular complexity index is 704. The molecule has 106 valence electrons. The van der Waals surface area contributed by atoms with E-state index in [0.717, 1.165) is 6.42 Å². The number of nitrogens with two attached hydrogens (primary N) is 1. The van der Waals surface area contributed by atoms with Crippen LogP contribution in [0.3, 0.4) is 0 Å². The summed E-state index contributed by atoms with van der Waals surface area (Å²) in [5, 5.41) is 0. The number of nitrogens with zero attached hydrogens (tertiary/aromatic N) is 3. The normalized spacial score (nSPS) is 10.5. The molecule has 2 aromatic rings. The van der Waals surface area contributed by atoms with Crippen LogP contribution in [-0.4, -0.2) is 14.1 Å². The molecule has 0 atom stereocenters. The number of hydrazine groups is 1. The molecule has 0 amide bonds. The average molecular weight is 275 g/mol. The van der Waals surface area contributed by atoms with Gasteiger partial charge in [0.2, 0.25) is 0 Å². The van der Waals surface area contributed by atoms with Gasteiger partial charge in [0.25, 0.3) is 5.56 Å². The van der Waals surface area contributed by atoms with E-state index in [1.54, 1.807) is 18.3 Å². The molecule has 20 heavy (non-hydrogen) atoms. The Morgan fingerprint density at radius 1 is 1.35 bits per heavy atom. The van der Waals surface area contributed by atoms with Gasteiger partial charge < -0.3 is 9.99 Å². The fourth-order valence-corrected chi connectivity index (χ4v) is 1.98. The number of hydrogen-bond donors (Lipinski definition) is 2. The summed E-state index contributed by atoms with van der Waals surface area (Å²) in [6.45, 7) is 2.68. The summed E-state index contributed by atoms with van der Waals surface area (Å²) in [6, 6.07) is 4.89. The highest BCUT2D eigenvalue weighted by Gasteiger charge is 2.08. The number of aryl methyl sites for hydroxylation is 1. The Kier molecular flexibility index (Phi) is 4.31. The van der Waals surface area contributed by atoms with Gasteiger partial charge in [0.05, 0.1) is 6.54 Å². The third kappa shape index (κ3) is 2.77. The van der Waals surface area contributed by atoms with Gasteiger partial charge in [-0.2, -0.15) is 0 Å². The average Bonchev–Trinajstić information content (AvgIpc) is 2.47. The zero-order chi connectivity index (χ0) is 14.5. The Hall–Kier alpha value is -2.41. The molecule has 0 aliphatic rings. The maximum Gasteiger partial charge on any atom is 0.331 e. The molecule has 3 N–H and O–H groups in total. The van der Waals surface area contributed by atoms with Gasteiger partial charge in [-0.25, -0.2) is 15.6 Å². The molecule has 0 saturated carbocycles. The standard InChI is InChI=1S/C13H17N5O2/c1-2-7-17-8-5-11(19)18(13(17)20)9-10-4-3-6-15-12(10)16-14/h3-6,8H,2,7,9,14H2,1H3,(H,15,16). The van der Waals surface area contributed by atoms with Crippen LogP contribution >= 0.6 is 0 Å². The molecule has 0 fully saturated rings. The zero-order valence-electron chi connectivity index (χ0n) is 11.2. The highest BCUT2D eigenvalue weighted by atomic mass is 16.2. The Balaban J connectivity index is 2.46. The SMILES string of the molecule is CCCn1ccc(=O)n(Cc2cccnc2NN)c1=O. The number of anilines is 1. The van der Waals surface area contributed by atoms with Crippen molar-refractivity contribution in [2.75, 3.05) is 5.43 Å².